The van der Waals surface area contributed by atoms with Gasteiger partial charge in [-0.25, -0.2) is 0 Å². The van der Waals surface area contributed by atoms with Gasteiger partial charge >= 0.3 is 0 Å². The van der Waals surface area contributed by atoms with Crippen molar-refractivity contribution in [3.8, 4) is 0 Å². The van der Waals surface area contributed by atoms with Crippen molar-refractivity contribution in [3.05, 3.63) is 46.3 Å². The predicted octanol–water partition coefficient (Wildman–Crippen LogP) is 2.36. The van der Waals surface area contributed by atoms with Crippen molar-refractivity contribution < 1.29 is 14.4 Å². The second-order valence-corrected chi connectivity index (χ2v) is 7.28. The van der Waals surface area contributed by atoms with Crippen LogP contribution in [0.3, 0.4) is 0 Å². The molecule has 0 bridgehead atoms. The molecule has 27 heavy (non-hydrogen) atoms. The van der Waals surface area contributed by atoms with Gasteiger partial charge in [0.1, 0.15) is 5.00 Å². The Hall–Kier alpha value is -2.71. The average molecular weight is 388 g/mol. The van der Waals surface area contributed by atoms with E-state index in [1.165, 1.54) is 11.3 Å². The number of carbonyl (C=O) groups excluding carboxylic acids is 3. The normalized spacial score (nSPS) is 10.7. The fraction of sp³-hybridized carbons (Fsp3) is 0.316. The van der Waals surface area contributed by atoms with E-state index >= 15 is 0 Å². The molecule has 0 saturated heterocycles. The minimum atomic E-state index is -0.577. The Labute approximate surface area is 162 Å². The van der Waals surface area contributed by atoms with Crippen molar-refractivity contribution >= 4 is 39.7 Å². The number of hydrogen-bond donors (Lipinski definition) is 3. The number of benzene rings is 1. The van der Waals surface area contributed by atoms with Gasteiger partial charge in [-0.15, -0.1) is 11.3 Å². The molecular weight excluding hydrogens is 364 g/mol. The van der Waals surface area contributed by atoms with Crippen LogP contribution in [-0.4, -0.2) is 42.8 Å². The van der Waals surface area contributed by atoms with Gasteiger partial charge in [0.05, 0.1) is 12.1 Å². The fourth-order valence-electron chi connectivity index (χ4n) is 2.48. The maximum absolute atomic E-state index is 12.2. The summed E-state index contributed by atoms with van der Waals surface area (Å²) in [5, 5.41) is 7.72. The minimum Gasteiger partial charge on any atom is -0.366 e. The standard InChI is InChI=1S/C19H24N4O3S/c1-12-5-4-6-15(13(12)2)21-17(25)11-23(3)9-7-16(24)22-19-14(18(20)26)8-10-27-19/h4-6,8,10H,7,9,11H2,1-3H3,(H2,20,26)(H,21,25)(H,22,24). The number of nitrogens with one attached hydrogen (secondary N) is 2. The summed E-state index contributed by atoms with van der Waals surface area (Å²) < 4.78 is 0. The topological polar surface area (TPSA) is 105 Å². The second-order valence-electron chi connectivity index (χ2n) is 6.36. The van der Waals surface area contributed by atoms with E-state index in [-0.39, 0.29) is 24.8 Å². The lowest BCUT2D eigenvalue weighted by Crippen LogP contribution is -2.32. The van der Waals surface area contributed by atoms with Crippen LogP contribution in [0.1, 0.15) is 27.9 Å². The van der Waals surface area contributed by atoms with Crippen molar-refractivity contribution in [2.45, 2.75) is 20.3 Å². The molecule has 0 aliphatic heterocycles. The fourth-order valence-corrected chi connectivity index (χ4v) is 3.29. The maximum atomic E-state index is 12.2. The number of nitrogens with two attached hydrogens (primary N) is 1. The summed E-state index contributed by atoms with van der Waals surface area (Å²) in [6, 6.07) is 7.33. The molecule has 0 radical (unpaired) electrons. The summed E-state index contributed by atoms with van der Waals surface area (Å²) in [7, 11) is 1.77. The number of nitrogens with zero attached hydrogens (tertiary/aromatic N) is 1. The Bertz CT molecular complexity index is 847. The third kappa shape index (κ3) is 5.90. The molecule has 2 rings (SSSR count). The highest BCUT2D eigenvalue weighted by Gasteiger charge is 2.14. The smallest absolute Gasteiger partial charge is 0.251 e. The summed E-state index contributed by atoms with van der Waals surface area (Å²) in [6.45, 7) is 4.53. The Morgan fingerprint density at radius 3 is 2.56 bits per heavy atom. The highest BCUT2D eigenvalue weighted by molar-refractivity contribution is 7.14. The number of hydrogen-bond acceptors (Lipinski definition) is 5. The quantitative estimate of drug-likeness (QED) is 0.646. The highest BCUT2D eigenvalue weighted by atomic mass is 32.1. The molecule has 1 heterocycles. The summed E-state index contributed by atoms with van der Waals surface area (Å²) in [5.74, 6) is -0.950. The molecule has 4 N–H and O–H groups in total. The van der Waals surface area contributed by atoms with Crippen molar-refractivity contribution in [2.75, 3.05) is 30.8 Å². The zero-order valence-electron chi connectivity index (χ0n) is 15.7. The molecule has 0 saturated carbocycles. The van der Waals surface area contributed by atoms with Gasteiger partial charge in [-0.2, -0.15) is 0 Å². The molecule has 1 aromatic carbocycles. The predicted molar refractivity (Wildman–Crippen MR) is 108 cm³/mol. The van der Waals surface area contributed by atoms with Crippen LogP contribution in [-0.2, 0) is 9.59 Å². The Kier molecular flexibility index (Phi) is 7.09. The summed E-state index contributed by atoms with van der Waals surface area (Å²) in [4.78, 5) is 37.3. The second kappa shape index (κ2) is 9.29. The van der Waals surface area contributed by atoms with E-state index < -0.39 is 5.91 Å². The monoisotopic (exact) mass is 388 g/mol. The Morgan fingerprint density at radius 1 is 1.11 bits per heavy atom. The van der Waals surface area contributed by atoms with Gasteiger partial charge in [0.25, 0.3) is 5.91 Å². The first-order valence-electron chi connectivity index (χ1n) is 8.49. The van der Waals surface area contributed by atoms with Crippen LogP contribution in [0.15, 0.2) is 29.6 Å². The van der Waals surface area contributed by atoms with E-state index in [1.807, 2.05) is 32.0 Å². The minimum absolute atomic E-state index is 0.138. The van der Waals surface area contributed by atoms with E-state index in [0.717, 1.165) is 16.8 Å². The molecule has 0 atom stereocenters. The third-order valence-corrected chi connectivity index (χ3v) is 5.03. The first kappa shape index (κ1) is 20.6. The number of thiophene rings is 1. The van der Waals surface area contributed by atoms with Crippen LogP contribution in [0, 0.1) is 13.8 Å². The largest absolute Gasteiger partial charge is 0.366 e. The van der Waals surface area contributed by atoms with Gasteiger partial charge in [0.2, 0.25) is 11.8 Å². The lowest BCUT2D eigenvalue weighted by atomic mass is 10.1. The molecule has 144 valence electrons. The number of aryl methyl sites for hydroxylation is 1. The van der Waals surface area contributed by atoms with Crippen LogP contribution in [0.5, 0.6) is 0 Å². The van der Waals surface area contributed by atoms with Crippen molar-refractivity contribution in [1.82, 2.24) is 4.90 Å². The van der Waals surface area contributed by atoms with Crippen LogP contribution in [0.2, 0.25) is 0 Å². The average Bonchev–Trinajstić information content (AvgIpc) is 3.05. The van der Waals surface area contributed by atoms with Gasteiger partial charge in [0, 0.05) is 18.7 Å². The first-order valence-corrected chi connectivity index (χ1v) is 9.37. The molecule has 0 aliphatic rings. The van der Waals surface area contributed by atoms with Crippen LogP contribution in [0.4, 0.5) is 10.7 Å². The van der Waals surface area contributed by atoms with Crippen molar-refractivity contribution in [2.24, 2.45) is 5.73 Å². The van der Waals surface area contributed by atoms with Crippen LogP contribution < -0.4 is 16.4 Å². The number of primary amides is 1. The van der Waals surface area contributed by atoms with Crippen molar-refractivity contribution in [3.63, 3.8) is 0 Å². The van der Waals surface area contributed by atoms with Gasteiger partial charge in [-0.05, 0) is 49.5 Å². The first-order chi connectivity index (χ1) is 12.8. The molecule has 2 aromatic rings. The Morgan fingerprint density at radius 2 is 1.85 bits per heavy atom. The summed E-state index contributed by atoms with van der Waals surface area (Å²) in [5.41, 5.74) is 8.50. The SMILES string of the molecule is Cc1cccc(NC(=O)CN(C)CCC(=O)Nc2sccc2C(N)=O)c1C. The number of anilines is 2. The van der Waals surface area contributed by atoms with E-state index in [0.29, 0.717) is 17.1 Å². The van der Waals surface area contributed by atoms with Crippen LogP contribution in [0.25, 0.3) is 0 Å². The maximum Gasteiger partial charge on any atom is 0.251 e. The zero-order valence-corrected chi connectivity index (χ0v) is 16.5. The van der Waals surface area contributed by atoms with Gasteiger partial charge < -0.3 is 16.4 Å². The number of amides is 3. The molecule has 0 aliphatic carbocycles. The molecular formula is C19H24N4O3S. The third-order valence-electron chi connectivity index (χ3n) is 4.20. The van der Waals surface area contributed by atoms with E-state index in [9.17, 15) is 14.4 Å². The van der Waals surface area contributed by atoms with E-state index in [4.69, 9.17) is 5.73 Å². The lowest BCUT2D eigenvalue weighted by molar-refractivity contribution is -0.119. The molecule has 7 nitrogen and oxygen atoms in total. The van der Waals surface area contributed by atoms with Gasteiger partial charge in [-0.3, -0.25) is 19.3 Å². The Balaban J connectivity index is 1.79. The molecule has 3 amide bonds. The number of rotatable bonds is 8. The highest BCUT2D eigenvalue weighted by Crippen LogP contribution is 2.22. The molecule has 0 unspecified atom stereocenters. The van der Waals surface area contributed by atoms with Crippen LogP contribution >= 0.6 is 11.3 Å². The zero-order chi connectivity index (χ0) is 20.0. The van der Waals surface area contributed by atoms with Gasteiger partial charge in [-0.1, -0.05) is 12.1 Å². The van der Waals surface area contributed by atoms with E-state index in [2.05, 4.69) is 10.6 Å². The van der Waals surface area contributed by atoms with E-state index in [1.54, 1.807) is 23.4 Å². The summed E-state index contributed by atoms with van der Waals surface area (Å²) >= 11 is 1.24. The van der Waals surface area contributed by atoms with Crippen molar-refractivity contribution in [1.29, 1.82) is 0 Å². The van der Waals surface area contributed by atoms with Gasteiger partial charge in [0.15, 0.2) is 0 Å². The number of carbonyl (C=O) groups is 3. The molecule has 0 spiro atoms. The molecule has 0 fully saturated rings. The summed E-state index contributed by atoms with van der Waals surface area (Å²) in [6.07, 6.45) is 0.198. The molecule has 1 aromatic heterocycles. The number of likely N-dealkylation sites (N-methyl/N-ethyl adjacent to an activating group) is 1. The molecule has 8 heteroatoms. The lowest BCUT2D eigenvalue weighted by Gasteiger charge is -2.17.